The largest absolute Gasteiger partial charge is 0.496 e. The Bertz CT molecular complexity index is 1260. The molecule has 0 amide bonds. The highest BCUT2D eigenvalue weighted by atomic mass is 32.1. The number of methoxy groups -OCH3 is 1. The van der Waals surface area contributed by atoms with E-state index in [4.69, 9.17) is 9.47 Å². The molecule has 0 N–H and O–H groups in total. The Hall–Kier alpha value is -3.57. The van der Waals surface area contributed by atoms with Gasteiger partial charge < -0.3 is 9.47 Å². The number of aldehydes is 2. The maximum atomic E-state index is 11.0. The lowest BCUT2D eigenvalue weighted by Gasteiger charge is -2.14. The summed E-state index contributed by atoms with van der Waals surface area (Å²) in [4.78, 5) is 22.0. The molecule has 0 unspecified atom stereocenters. The molecule has 4 nitrogen and oxygen atoms in total. The molecule has 3 aromatic carbocycles. The molecule has 0 radical (unpaired) electrons. The Morgan fingerprint density at radius 3 is 1.44 bits per heavy atom. The Balaban J connectivity index is 1.69. The van der Waals surface area contributed by atoms with Crippen LogP contribution in [0.3, 0.4) is 0 Å². The van der Waals surface area contributed by atoms with Crippen LogP contribution >= 0.6 is 12.6 Å². The van der Waals surface area contributed by atoms with Crippen molar-refractivity contribution in [1.29, 1.82) is 0 Å². The number of ether oxygens (including phenoxy) is 2. The van der Waals surface area contributed by atoms with Crippen LogP contribution in [-0.2, 0) is 0 Å². The third kappa shape index (κ3) is 11.4. The Morgan fingerprint density at radius 1 is 0.561 bits per heavy atom. The third-order valence-corrected chi connectivity index (χ3v) is 7.29. The average Bonchev–Trinajstić information content (AvgIpc) is 3.02. The second kappa shape index (κ2) is 18.7. The maximum Gasteiger partial charge on any atom is 0.150 e. The van der Waals surface area contributed by atoms with Crippen LogP contribution in [0, 0.1) is 0 Å². The monoisotopic (exact) mass is 570 g/mol. The average molecular weight is 571 g/mol. The molecule has 0 aliphatic carbocycles. The topological polar surface area (TPSA) is 52.6 Å². The van der Waals surface area contributed by atoms with Gasteiger partial charge in [-0.05, 0) is 41.9 Å². The van der Waals surface area contributed by atoms with Gasteiger partial charge in [-0.3, -0.25) is 9.59 Å². The SMILES string of the molecule is COc1cc(/C=C/c2ccc(C=O)cc2)c(OCCCCCCCCCCCS)cc1/C=C/c1ccc(C=O)cc1. The van der Waals surface area contributed by atoms with Crippen molar-refractivity contribution in [2.24, 2.45) is 0 Å². The number of hydrogen-bond acceptors (Lipinski definition) is 5. The third-order valence-electron chi connectivity index (χ3n) is 6.98. The quantitative estimate of drug-likeness (QED) is 0.0675. The minimum Gasteiger partial charge on any atom is -0.496 e. The number of unbranched alkanes of at least 4 members (excludes halogenated alkanes) is 8. The first-order valence-corrected chi connectivity index (χ1v) is 15.2. The van der Waals surface area contributed by atoms with Gasteiger partial charge >= 0.3 is 0 Å². The molecular formula is C36H42O4S. The summed E-state index contributed by atoms with van der Waals surface area (Å²) in [6.45, 7) is 0.652. The van der Waals surface area contributed by atoms with Crippen LogP contribution in [0.4, 0.5) is 0 Å². The molecule has 0 aliphatic heterocycles. The zero-order valence-electron chi connectivity index (χ0n) is 24.1. The van der Waals surface area contributed by atoms with Gasteiger partial charge in [0.25, 0.3) is 0 Å². The van der Waals surface area contributed by atoms with Crippen LogP contribution in [0.15, 0.2) is 60.7 Å². The fraction of sp³-hybridized carbons (Fsp3) is 0.333. The summed E-state index contributed by atoms with van der Waals surface area (Å²) in [6.07, 6.45) is 20.9. The number of thiol groups is 1. The smallest absolute Gasteiger partial charge is 0.150 e. The fourth-order valence-electron chi connectivity index (χ4n) is 4.53. The summed E-state index contributed by atoms with van der Waals surface area (Å²) < 4.78 is 12.1. The van der Waals surface area contributed by atoms with Gasteiger partial charge in [0.2, 0.25) is 0 Å². The van der Waals surface area contributed by atoms with E-state index in [9.17, 15) is 9.59 Å². The lowest BCUT2D eigenvalue weighted by molar-refractivity contribution is 0.111. The first kappa shape index (κ1) is 32.0. The van der Waals surface area contributed by atoms with E-state index in [-0.39, 0.29) is 0 Å². The van der Waals surface area contributed by atoms with E-state index in [0.717, 1.165) is 64.9 Å². The van der Waals surface area contributed by atoms with Gasteiger partial charge in [-0.1, -0.05) is 118 Å². The molecule has 3 aromatic rings. The van der Waals surface area contributed by atoms with E-state index in [1.54, 1.807) is 19.2 Å². The van der Waals surface area contributed by atoms with Crippen LogP contribution in [0.5, 0.6) is 11.5 Å². The van der Waals surface area contributed by atoms with Gasteiger partial charge in [0.15, 0.2) is 0 Å². The Morgan fingerprint density at radius 2 is 0.976 bits per heavy atom. The number of carbonyl (C=O) groups excluding carboxylic acids is 2. The molecule has 0 aliphatic rings. The number of benzene rings is 3. The van der Waals surface area contributed by atoms with E-state index in [1.165, 1.54) is 44.9 Å². The van der Waals surface area contributed by atoms with Crippen molar-refractivity contribution in [3.8, 4) is 11.5 Å². The van der Waals surface area contributed by atoms with Crippen molar-refractivity contribution in [3.63, 3.8) is 0 Å². The molecule has 3 rings (SSSR count). The summed E-state index contributed by atoms with van der Waals surface area (Å²) in [5.41, 5.74) is 5.12. The maximum absolute atomic E-state index is 11.0. The molecule has 0 aromatic heterocycles. The van der Waals surface area contributed by atoms with E-state index in [1.807, 2.05) is 72.8 Å². The molecular weight excluding hydrogens is 528 g/mol. The molecule has 216 valence electrons. The van der Waals surface area contributed by atoms with E-state index < -0.39 is 0 Å². The molecule has 0 saturated heterocycles. The normalized spacial score (nSPS) is 11.3. The zero-order valence-corrected chi connectivity index (χ0v) is 25.0. The Labute approximate surface area is 250 Å². The van der Waals surface area contributed by atoms with Crippen molar-refractivity contribution < 1.29 is 19.1 Å². The molecule has 0 atom stereocenters. The van der Waals surface area contributed by atoms with Gasteiger partial charge in [-0.25, -0.2) is 0 Å². The molecule has 0 saturated carbocycles. The molecule has 0 fully saturated rings. The van der Waals surface area contributed by atoms with Gasteiger partial charge in [-0.15, -0.1) is 0 Å². The predicted octanol–water partition coefficient (Wildman–Crippen LogP) is 9.48. The summed E-state index contributed by atoms with van der Waals surface area (Å²) in [7, 11) is 1.66. The minimum atomic E-state index is 0.650. The fourth-order valence-corrected chi connectivity index (χ4v) is 4.75. The van der Waals surface area contributed by atoms with Crippen LogP contribution < -0.4 is 9.47 Å². The van der Waals surface area contributed by atoms with Gasteiger partial charge in [-0.2, -0.15) is 12.6 Å². The van der Waals surface area contributed by atoms with Crippen LogP contribution in [0.1, 0.15) is 101 Å². The molecule has 0 spiro atoms. The Kier molecular flexibility index (Phi) is 14.6. The first-order chi connectivity index (χ1) is 20.2. The summed E-state index contributed by atoms with van der Waals surface area (Å²) >= 11 is 4.28. The number of carbonyl (C=O) groups is 2. The molecule has 41 heavy (non-hydrogen) atoms. The van der Waals surface area contributed by atoms with E-state index in [2.05, 4.69) is 12.6 Å². The van der Waals surface area contributed by atoms with Gasteiger partial charge in [0, 0.05) is 22.3 Å². The first-order valence-electron chi connectivity index (χ1n) is 14.6. The lowest BCUT2D eigenvalue weighted by Crippen LogP contribution is -2.00. The van der Waals surface area contributed by atoms with E-state index >= 15 is 0 Å². The molecule has 0 bridgehead atoms. The summed E-state index contributed by atoms with van der Waals surface area (Å²) in [6, 6.07) is 18.9. The van der Waals surface area contributed by atoms with Crippen LogP contribution in [0.2, 0.25) is 0 Å². The van der Waals surface area contributed by atoms with Crippen molar-refractivity contribution in [2.75, 3.05) is 19.5 Å². The summed E-state index contributed by atoms with van der Waals surface area (Å²) in [5.74, 6) is 2.53. The van der Waals surface area contributed by atoms with Crippen LogP contribution in [0.25, 0.3) is 24.3 Å². The highest BCUT2D eigenvalue weighted by molar-refractivity contribution is 7.80. The highest BCUT2D eigenvalue weighted by Gasteiger charge is 2.09. The number of rotatable bonds is 19. The number of hydrogen-bond donors (Lipinski definition) is 1. The molecule has 5 heteroatoms. The minimum absolute atomic E-state index is 0.650. The zero-order chi connectivity index (χ0) is 29.1. The summed E-state index contributed by atoms with van der Waals surface area (Å²) in [5, 5.41) is 0. The second-order valence-corrected chi connectivity index (χ2v) is 10.6. The van der Waals surface area contributed by atoms with Crippen molar-refractivity contribution in [1.82, 2.24) is 0 Å². The van der Waals surface area contributed by atoms with Crippen LogP contribution in [-0.4, -0.2) is 32.0 Å². The second-order valence-electron chi connectivity index (χ2n) is 10.1. The lowest BCUT2D eigenvalue weighted by atomic mass is 10.0. The highest BCUT2D eigenvalue weighted by Crippen LogP contribution is 2.32. The van der Waals surface area contributed by atoms with Crippen molar-refractivity contribution >= 4 is 49.5 Å². The van der Waals surface area contributed by atoms with Crippen molar-refractivity contribution in [3.05, 3.63) is 94.0 Å². The predicted molar refractivity (Wildman–Crippen MR) is 175 cm³/mol. The van der Waals surface area contributed by atoms with Gasteiger partial charge in [0.05, 0.1) is 13.7 Å². The van der Waals surface area contributed by atoms with Gasteiger partial charge in [0.1, 0.15) is 24.1 Å². The molecule has 0 heterocycles. The standard InChI is InChI=1S/C36H42O4S/c1-39-35-25-34(22-20-30-13-17-32(28-38)18-14-30)36(40-23-9-7-5-3-2-4-6-8-10-24-41)26-33(35)21-19-29-11-15-31(27-37)16-12-29/h11-22,25-28,41H,2-10,23-24H2,1H3/b21-19+,22-20+. The van der Waals surface area contributed by atoms with E-state index in [0.29, 0.717) is 17.7 Å². The van der Waals surface area contributed by atoms with Crippen molar-refractivity contribution in [2.45, 2.75) is 57.8 Å².